The fourth-order valence-electron chi connectivity index (χ4n) is 2.48. The monoisotopic (exact) mass is 423 g/mol. The van der Waals surface area contributed by atoms with Gasteiger partial charge >= 0.3 is 0 Å². The van der Waals surface area contributed by atoms with E-state index in [4.69, 9.17) is 9.47 Å². The molecule has 1 N–H and O–H groups in total. The molecule has 0 unspecified atom stereocenters. The molecule has 10 heteroatoms. The highest BCUT2D eigenvalue weighted by Gasteiger charge is 2.14. The van der Waals surface area contributed by atoms with Gasteiger partial charge in [-0.1, -0.05) is 11.8 Å². The van der Waals surface area contributed by atoms with E-state index < -0.39 is 5.82 Å². The van der Waals surface area contributed by atoms with Crippen LogP contribution in [0.5, 0.6) is 5.75 Å². The number of halogens is 1. The number of fused-ring (bicyclic) bond motifs is 1. The summed E-state index contributed by atoms with van der Waals surface area (Å²) in [5.41, 5.74) is 0.767. The highest BCUT2D eigenvalue weighted by atomic mass is 32.2. The van der Waals surface area contributed by atoms with E-state index in [9.17, 15) is 14.0 Å². The van der Waals surface area contributed by atoms with Crippen LogP contribution in [0.3, 0.4) is 0 Å². The number of thiophene rings is 1. The highest BCUT2D eigenvalue weighted by Crippen LogP contribution is 2.23. The number of anilines is 1. The largest absolute Gasteiger partial charge is 0.494 e. The molecule has 3 aromatic rings. The Balaban J connectivity index is 1.74. The van der Waals surface area contributed by atoms with Crippen molar-refractivity contribution in [3.05, 3.63) is 45.8 Å². The van der Waals surface area contributed by atoms with E-state index in [0.717, 1.165) is 11.8 Å². The van der Waals surface area contributed by atoms with Crippen LogP contribution >= 0.6 is 23.1 Å². The number of thioether (sulfide) groups is 1. The third-order valence-corrected chi connectivity index (χ3v) is 5.69. The topological polar surface area (TPSA) is 82.4 Å². The maximum Gasteiger partial charge on any atom is 0.272 e. The Hall–Kier alpha value is -2.43. The Kier molecular flexibility index (Phi) is 6.65. The SMILES string of the molecule is COCCn1c(SCC(=O)Nc2ccc(OC)c(F)c2)nc2ccsc2c1=O. The number of carbonyl (C=O) groups is 1. The molecule has 0 aliphatic rings. The maximum atomic E-state index is 13.7. The number of carbonyl (C=O) groups excluding carboxylic acids is 1. The van der Waals surface area contributed by atoms with Crippen LogP contribution in [0.2, 0.25) is 0 Å². The molecule has 0 aliphatic heterocycles. The standard InChI is InChI=1S/C18H18FN3O4S2/c1-25-7-6-22-17(24)16-13(5-8-27-16)21-18(22)28-10-15(23)20-11-3-4-14(26-2)12(19)9-11/h3-5,8-9H,6-7,10H2,1-2H3,(H,20,23). The van der Waals surface area contributed by atoms with Crippen molar-refractivity contribution in [1.82, 2.24) is 9.55 Å². The van der Waals surface area contributed by atoms with E-state index in [1.807, 2.05) is 0 Å². The third-order valence-electron chi connectivity index (χ3n) is 3.82. The van der Waals surface area contributed by atoms with Gasteiger partial charge < -0.3 is 14.8 Å². The van der Waals surface area contributed by atoms with Gasteiger partial charge in [-0.3, -0.25) is 14.2 Å². The Bertz CT molecular complexity index is 1050. The lowest BCUT2D eigenvalue weighted by atomic mass is 10.3. The van der Waals surface area contributed by atoms with Crippen LogP contribution in [-0.2, 0) is 16.1 Å². The van der Waals surface area contributed by atoms with Crippen LogP contribution in [-0.4, -0.2) is 42.0 Å². The van der Waals surface area contributed by atoms with Gasteiger partial charge in [-0.15, -0.1) is 11.3 Å². The molecule has 0 atom stereocenters. The van der Waals surface area contributed by atoms with E-state index >= 15 is 0 Å². The predicted octanol–water partition coefficient (Wildman–Crippen LogP) is 2.98. The summed E-state index contributed by atoms with van der Waals surface area (Å²) in [5, 5.41) is 4.86. The molecular formula is C18H18FN3O4S2. The van der Waals surface area contributed by atoms with Crippen molar-refractivity contribution >= 4 is 44.9 Å². The molecule has 0 spiro atoms. The second-order valence-electron chi connectivity index (χ2n) is 5.67. The lowest BCUT2D eigenvalue weighted by Crippen LogP contribution is -2.25. The average Bonchev–Trinajstić information content (AvgIpc) is 3.15. The van der Waals surface area contributed by atoms with Gasteiger partial charge in [-0.05, 0) is 23.6 Å². The summed E-state index contributed by atoms with van der Waals surface area (Å²) in [7, 11) is 2.92. The van der Waals surface area contributed by atoms with Crippen LogP contribution in [0.15, 0.2) is 39.6 Å². The molecule has 148 valence electrons. The predicted molar refractivity (Wildman–Crippen MR) is 108 cm³/mol. The first-order chi connectivity index (χ1) is 13.5. The Morgan fingerprint density at radius 3 is 2.89 bits per heavy atom. The minimum Gasteiger partial charge on any atom is -0.494 e. The smallest absolute Gasteiger partial charge is 0.272 e. The maximum absolute atomic E-state index is 13.7. The number of nitrogens with one attached hydrogen (secondary N) is 1. The summed E-state index contributed by atoms with van der Waals surface area (Å²) in [5.74, 6) is -0.788. The normalized spacial score (nSPS) is 11.0. The molecule has 0 bridgehead atoms. The zero-order chi connectivity index (χ0) is 20.1. The Morgan fingerprint density at radius 2 is 2.18 bits per heavy atom. The minimum atomic E-state index is -0.564. The summed E-state index contributed by atoms with van der Waals surface area (Å²) in [6, 6.07) is 5.94. The van der Waals surface area contributed by atoms with Gasteiger partial charge in [0.1, 0.15) is 4.70 Å². The molecule has 28 heavy (non-hydrogen) atoms. The zero-order valence-corrected chi connectivity index (χ0v) is 16.9. The molecule has 1 amide bonds. The van der Waals surface area contributed by atoms with Crippen molar-refractivity contribution in [2.75, 3.05) is 31.9 Å². The first-order valence-corrected chi connectivity index (χ1v) is 10.1. The van der Waals surface area contributed by atoms with E-state index in [1.54, 1.807) is 24.6 Å². The summed E-state index contributed by atoms with van der Waals surface area (Å²) in [6.45, 7) is 0.688. The summed E-state index contributed by atoms with van der Waals surface area (Å²) >= 11 is 2.47. The first-order valence-electron chi connectivity index (χ1n) is 8.26. The number of hydrogen-bond donors (Lipinski definition) is 1. The fourth-order valence-corrected chi connectivity index (χ4v) is 4.09. The number of rotatable bonds is 8. The van der Waals surface area contributed by atoms with Crippen LogP contribution in [0.25, 0.3) is 10.2 Å². The average molecular weight is 423 g/mol. The van der Waals surface area contributed by atoms with E-state index in [0.29, 0.717) is 34.2 Å². The highest BCUT2D eigenvalue weighted by molar-refractivity contribution is 7.99. The number of nitrogens with zero attached hydrogens (tertiary/aromatic N) is 2. The molecule has 0 saturated heterocycles. The van der Waals surface area contributed by atoms with Gasteiger partial charge in [0, 0.05) is 18.9 Å². The molecular weight excluding hydrogens is 405 g/mol. The third kappa shape index (κ3) is 4.51. The van der Waals surface area contributed by atoms with Crippen molar-refractivity contribution in [2.24, 2.45) is 0 Å². The molecule has 0 fully saturated rings. The van der Waals surface area contributed by atoms with Crippen molar-refractivity contribution in [3.63, 3.8) is 0 Å². The Labute approximate surface area is 168 Å². The second-order valence-corrected chi connectivity index (χ2v) is 7.52. The van der Waals surface area contributed by atoms with Crippen molar-refractivity contribution in [2.45, 2.75) is 11.7 Å². The fraction of sp³-hybridized carbons (Fsp3) is 0.278. The van der Waals surface area contributed by atoms with Gasteiger partial charge in [-0.2, -0.15) is 0 Å². The number of ether oxygens (including phenoxy) is 2. The quantitative estimate of drug-likeness (QED) is 0.443. The summed E-state index contributed by atoms with van der Waals surface area (Å²) < 4.78 is 25.7. The molecule has 3 rings (SSSR count). The number of hydrogen-bond acceptors (Lipinski definition) is 7. The van der Waals surface area contributed by atoms with Crippen LogP contribution in [0, 0.1) is 5.82 Å². The molecule has 0 saturated carbocycles. The van der Waals surface area contributed by atoms with E-state index in [1.165, 1.54) is 35.1 Å². The lowest BCUT2D eigenvalue weighted by molar-refractivity contribution is -0.113. The van der Waals surface area contributed by atoms with E-state index in [2.05, 4.69) is 10.3 Å². The second kappa shape index (κ2) is 9.18. The summed E-state index contributed by atoms with van der Waals surface area (Å²) in [6.07, 6.45) is 0. The minimum absolute atomic E-state index is 0.0166. The molecule has 0 aliphatic carbocycles. The van der Waals surface area contributed by atoms with Gasteiger partial charge in [0.2, 0.25) is 5.91 Å². The molecule has 2 heterocycles. The lowest BCUT2D eigenvalue weighted by Gasteiger charge is -2.12. The van der Waals surface area contributed by atoms with Gasteiger partial charge in [0.25, 0.3) is 5.56 Å². The van der Waals surface area contributed by atoms with Crippen molar-refractivity contribution in [3.8, 4) is 5.75 Å². The van der Waals surface area contributed by atoms with Crippen molar-refractivity contribution < 1.29 is 18.7 Å². The summed E-state index contributed by atoms with van der Waals surface area (Å²) in [4.78, 5) is 29.4. The van der Waals surface area contributed by atoms with Gasteiger partial charge in [0.15, 0.2) is 16.7 Å². The number of methoxy groups -OCH3 is 2. The Morgan fingerprint density at radius 1 is 1.36 bits per heavy atom. The van der Waals surface area contributed by atoms with Crippen LogP contribution in [0.4, 0.5) is 10.1 Å². The van der Waals surface area contributed by atoms with E-state index in [-0.39, 0.29) is 23.0 Å². The number of aromatic nitrogens is 2. The van der Waals surface area contributed by atoms with Crippen molar-refractivity contribution in [1.29, 1.82) is 0 Å². The molecule has 7 nitrogen and oxygen atoms in total. The number of benzene rings is 1. The van der Waals surface area contributed by atoms with Gasteiger partial charge in [-0.25, -0.2) is 9.37 Å². The van der Waals surface area contributed by atoms with Crippen LogP contribution in [0.1, 0.15) is 0 Å². The van der Waals surface area contributed by atoms with Gasteiger partial charge in [0.05, 0.1) is 31.5 Å². The molecule has 2 aromatic heterocycles. The number of amides is 1. The first kappa shape index (κ1) is 20.3. The van der Waals surface area contributed by atoms with Crippen LogP contribution < -0.4 is 15.6 Å². The zero-order valence-electron chi connectivity index (χ0n) is 15.2. The molecule has 1 aromatic carbocycles. The molecule has 0 radical (unpaired) electrons.